The minimum absolute atomic E-state index is 0.0672. The first kappa shape index (κ1) is 53.5. The van der Waals surface area contributed by atoms with E-state index in [0.717, 1.165) is 0 Å². The second-order valence-electron chi connectivity index (χ2n) is 19.5. The molecule has 0 saturated heterocycles. The van der Waals surface area contributed by atoms with Crippen LogP contribution in [0.15, 0.2) is 182 Å². The van der Waals surface area contributed by atoms with Gasteiger partial charge in [-0.2, -0.15) is 0 Å². The summed E-state index contributed by atoms with van der Waals surface area (Å²) in [6.07, 6.45) is -17.2. The van der Waals surface area contributed by atoms with Crippen LogP contribution in [0.1, 0.15) is 62.9 Å². The van der Waals surface area contributed by atoms with Crippen molar-refractivity contribution >= 4 is 46.2 Å². The molecule has 76 heavy (non-hydrogen) atoms. The Hall–Kier alpha value is -5.92. The summed E-state index contributed by atoms with van der Waals surface area (Å²) in [5.74, 6) is -2.65. The predicted octanol–water partition coefficient (Wildman–Crippen LogP) is 20.3. The molecule has 0 amide bonds. The number of fused-ring (bicyclic) bond motifs is 2. The summed E-state index contributed by atoms with van der Waals surface area (Å²) >= 11 is -6.31. The zero-order valence-corrected chi connectivity index (χ0v) is 45.1. The number of allylic oxidation sites excluding steroid dienone is 2. The van der Waals surface area contributed by atoms with Gasteiger partial charge in [0.1, 0.15) is 0 Å². The number of hydrogen-bond acceptors (Lipinski definition) is 0. The van der Waals surface area contributed by atoms with Gasteiger partial charge < -0.3 is 0 Å². The Morgan fingerprint density at radius 1 is 0.355 bits per heavy atom. The van der Waals surface area contributed by atoms with E-state index >= 15 is 0 Å². The van der Waals surface area contributed by atoms with E-state index in [1.165, 1.54) is 0 Å². The van der Waals surface area contributed by atoms with Crippen LogP contribution in [0.2, 0.25) is 13.1 Å². The summed E-state index contributed by atoms with van der Waals surface area (Å²) in [6.45, 7) is 3.96. The molecular formula is C60H41Cl2F12SiZr. The predicted molar refractivity (Wildman–Crippen MR) is 279 cm³/mol. The number of halogens is 14. The van der Waals surface area contributed by atoms with Crippen molar-refractivity contribution in [2.75, 3.05) is 0 Å². The average Bonchev–Trinajstić information content (AvgIpc) is 4.16. The van der Waals surface area contributed by atoms with Crippen LogP contribution in [0.25, 0.3) is 67.8 Å². The van der Waals surface area contributed by atoms with E-state index in [9.17, 15) is 52.7 Å². The number of rotatable bonds is 9. The average molecular weight is 1180 g/mol. The molecular weight excluding hydrogens is 1140 g/mol. The molecule has 8 aromatic carbocycles. The summed E-state index contributed by atoms with van der Waals surface area (Å²) in [5, 5.41) is 0. The summed E-state index contributed by atoms with van der Waals surface area (Å²) in [5.41, 5.74) is -1.21. The van der Waals surface area contributed by atoms with E-state index in [-0.39, 0.29) is 34.4 Å². The van der Waals surface area contributed by atoms with Crippen LogP contribution in [0.4, 0.5) is 52.7 Å². The van der Waals surface area contributed by atoms with Crippen molar-refractivity contribution in [3.63, 3.8) is 0 Å². The van der Waals surface area contributed by atoms with Gasteiger partial charge in [-0.1, -0.05) is 0 Å². The molecule has 10 rings (SSSR count). The van der Waals surface area contributed by atoms with Crippen LogP contribution in [-0.2, 0) is 40.3 Å². The number of hydrogen-bond donors (Lipinski definition) is 0. The molecule has 0 heterocycles. The van der Waals surface area contributed by atoms with Crippen LogP contribution in [-0.4, -0.2) is 5.92 Å². The fourth-order valence-electron chi connectivity index (χ4n) is 11.2. The third-order valence-electron chi connectivity index (χ3n) is 14.7. The van der Waals surface area contributed by atoms with E-state index in [0.29, 0.717) is 91.0 Å². The Morgan fingerprint density at radius 2 is 0.632 bits per heavy atom. The molecule has 0 spiro atoms. The normalized spacial score (nSPS) is 16.5. The van der Waals surface area contributed by atoms with Crippen molar-refractivity contribution in [1.82, 2.24) is 0 Å². The summed E-state index contributed by atoms with van der Waals surface area (Å²) < 4.78 is 175. The molecule has 2 aliphatic rings. The Balaban J connectivity index is 1.33. The zero-order valence-electron chi connectivity index (χ0n) is 40.0. The third-order valence-corrected chi connectivity index (χ3v) is 66.3. The monoisotopic (exact) mass is 1180 g/mol. The topological polar surface area (TPSA) is 0 Å². The molecule has 2 aliphatic carbocycles. The van der Waals surface area contributed by atoms with E-state index < -0.39 is 75.7 Å². The van der Waals surface area contributed by atoms with Gasteiger partial charge in [-0.3, -0.25) is 0 Å². The van der Waals surface area contributed by atoms with Gasteiger partial charge in [-0.15, -0.1) is 0 Å². The van der Waals surface area contributed by atoms with Crippen molar-refractivity contribution in [3.05, 3.63) is 238 Å². The van der Waals surface area contributed by atoms with Gasteiger partial charge in [0.25, 0.3) is 0 Å². The van der Waals surface area contributed by atoms with Gasteiger partial charge >= 0.3 is 442 Å². The molecule has 0 aliphatic heterocycles. The standard InChI is InChI=1S/2C29H17F6.C2H7Si.2ClH.Zr/c2*30-28(31,32)23-14-22(15-24(17-23)29(33,34)35)27-25(19-9-5-2-6-10-19)12-11-20-13-21(16-26(20)27)18-7-3-1-4-8-18;1-3-2;;;/h2*1-17H;3H,1-2H3;2*1H;/q;;;;;+2/p-2. The number of alkyl halides is 12. The Kier molecular flexibility index (Phi) is 13.5. The van der Waals surface area contributed by atoms with Gasteiger partial charge in [0.15, 0.2) is 0 Å². The molecule has 0 radical (unpaired) electrons. The molecule has 2 unspecified atom stereocenters. The maximum atomic E-state index is 14.8. The summed E-state index contributed by atoms with van der Waals surface area (Å²) in [4.78, 5) is 0. The van der Waals surface area contributed by atoms with Gasteiger partial charge in [-0.25, -0.2) is 0 Å². The first-order chi connectivity index (χ1) is 35.7. The van der Waals surface area contributed by atoms with E-state index in [1.807, 2.05) is 37.4 Å². The maximum absolute atomic E-state index is 14.8. The third kappa shape index (κ3) is 9.45. The van der Waals surface area contributed by atoms with Crippen LogP contribution < -0.4 is 0 Å². The Labute approximate surface area is 438 Å². The molecule has 0 nitrogen and oxygen atoms in total. The van der Waals surface area contributed by atoms with E-state index in [1.54, 1.807) is 133 Å². The molecule has 0 fully saturated rings. The Bertz CT molecular complexity index is 3310. The fraction of sp³-hybridized carbons (Fsp3) is 0.133. The van der Waals surface area contributed by atoms with Crippen LogP contribution in [0.5, 0.6) is 0 Å². The van der Waals surface area contributed by atoms with Crippen molar-refractivity contribution in [2.45, 2.75) is 45.1 Å². The molecule has 0 saturated carbocycles. The van der Waals surface area contributed by atoms with Gasteiger partial charge in [0.2, 0.25) is 0 Å². The summed E-state index contributed by atoms with van der Waals surface area (Å²) in [6, 6.07) is 44.8. The Morgan fingerprint density at radius 3 is 0.895 bits per heavy atom. The first-order valence-corrected chi connectivity index (χ1v) is 40.2. The zero-order chi connectivity index (χ0) is 54.4. The minimum atomic E-state index is -6.31. The molecule has 0 bridgehead atoms. The SMILES string of the molecule is C[SiH](C)[Zr]([Cl])([Cl])([CH]1C(c2ccccc2)=Cc2c1ccc(-c1ccccc1)c2-c1cc(C(F)(F)F)cc(C(F)(F)F)c1)[CH]1C(c2ccccc2)=Cc2c1ccc(-c1ccccc1)c2-c1cc(C(F)(F)F)cc(C(F)(F)F)c1. The van der Waals surface area contributed by atoms with Crippen molar-refractivity contribution in [3.8, 4) is 44.5 Å². The second kappa shape index (κ2) is 19.2. The molecule has 0 N–H and O–H groups in total. The molecule has 387 valence electrons. The van der Waals surface area contributed by atoms with Crippen LogP contribution in [0, 0.1) is 0 Å². The fourth-order valence-corrected chi connectivity index (χ4v) is 41.3. The quantitative estimate of drug-likeness (QED) is 0.0998. The first-order valence-electron chi connectivity index (χ1n) is 23.9. The van der Waals surface area contributed by atoms with Crippen molar-refractivity contribution in [1.29, 1.82) is 0 Å². The van der Waals surface area contributed by atoms with Crippen LogP contribution in [0.3, 0.4) is 0 Å². The van der Waals surface area contributed by atoms with Crippen molar-refractivity contribution in [2.24, 2.45) is 0 Å². The van der Waals surface area contributed by atoms with Crippen molar-refractivity contribution < 1.29 is 68.2 Å². The molecule has 0 aromatic heterocycles. The van der Waals surface area contributed by atoms with E-state index in [4.69, 9.17) is 17.0 Å². The molecule has 8 aromatic rings. The summed E-state index contributed by atoms with van der Waals surface area (Å²) in [7, 11) is 17.8. The van der Waals surface area contributed by atoms with Gasteiger partial charge in [0.05, 0.1) is 0 Å². The second-order valence-corrected chi connectivity index (χ2v) is 62.0. The molecule has 16 heteroatoms. The number of benzene rings is 8. The van der Waals surface area contributed by atoms with Gasteiger partial charge in [0, 0.05) is 0 Å². The van der Waals surface area contributed by atoms with Gasteiger partial charge in [-0.05, 0) is 0 Å². The molecule has 2 atom stereocenters. The van der Waals surface area contributed by atoms with E-state index in [2.05, 4.69) is 0 Å². The van der Waals surface area contributed by atoms with Crippen LogP contribution >= 0.6 is 17.0 Å².